The monoisotopic (exact) mass is 224 g/mol. The minimum absolute atomic E-state index is 0.0697. The van der Waals surface area contributed by atoms with Crippen molar-refractivity contribution in [2.75, 3.05) is 13.1 Å². The van der Waals surface area contributed by atoms with Crippen LogP contribution in [0.2, 0.25) is 0 Å². The van der Waals surface area contributed by atoms with Crippen molar-refractivity contribution in [3.05, 3.63) is 0 Å². The van der Waals surface area contributed by atoms with Crippen molar-refractivity contribution in [2.24, 2.45) is 5.41 Å². The molecule has 0 radical (unpaired) electrons. The van der Waals surface area contributed by atoms with Gasteiger partial charge in [0.05, 0.1) is 0 Å². The molecule has 2 fully saturated rings. The number of amides is 1. The first kappa shape index (κ1) is 11.9. The lowest BCUT2D eigenvalue weighted by Crippen LogP contribution is -2.43. The van der Waals surface area contributed by atoms with Gasteiger partial charge in [-0.2, -0.15) is 0 Å². The second-order valence-corrected chi connectivity index (χ2v) is 5.62. The zero-order valence-electron chi connectivity index (χ0n) is 10.3. The van der Waals surface area contributed by atoms with Crippen molar-refractivity contribution in [3.63, 3.8) is 0 Å². The fourth-order valence-corrected chi connectivity index (χ4v) is 2.91. The second kappa shape index (κ2) is 5.17. The zero-order chi connectivity index (χ0) is 11.4. The molecule has 1 amide bonds. The van der Waals surface area contributed by atoms with Gasteiger partial charge in [-0.3, -0.25) is 4.79 Å². The van der Waals surface area contributed by atoms with E-state index in [2.05, 4.69) is 17.6 Å². The summed E-state index contributed by atoms with van der Waals surface area (Å²) < 4.78 is 0. The lowest BCUT2D eigenvalue weighted by atomic mass is 9.87. The standard InChI is InChI=1S/C13H24N2O/c1-13(7-2-3-8-13)12(16)15-11-5-4-9-14-10-6-11/h11,14H,2-10H2,1H3,(H,15,16). The SMILES string of the molecule is CC1(C(=O)NC2CCCNCC2)CCCC1. The van der Waals surface area contributed by atoms with Gasteiger partial charge in [0.25, 0.3) is 0 Å². The summed E-state index contributed by atoms with van der Waals surface area (Å²) in [6.07, 6.45) is 7.98. The molecule has 3 nitrogen and oxygen atoms in total. The van der Waals surface area contributed by atoms with E-state index in [1.165, 1.54) is 19.3 Å². The molecule has 1 unspecified atom stereocenters. The second-order valence-electron chi connectivity index (χ2n) is 5.62. The molecule has 0 bridgehead atoms. The fourth-order valence-electron chi connectivity index (χ4n) is 2.91. The van der Waals surface area contributed by atoms with Gasteiger partial charge in [-0.05, 0) is 45.2 Å². The van der Waals surface area contributed by atoms with E-state index in [4.69, 9.17) is 0 Å². The van der Waals surface area contributed by atoms with Crippen LogP contribution in [-0.4, -0.2) is 25.0 Å². The molecular formula is C13H24N2O. The van der Waals surface area contributed by atoms with E-state index in [1.54, 1.807) is 0 Å². The Bertz CT molecular complexity index is 238. The Hall–Kier alpha value is -0.570. The molecule has 2 rings (SSSR count). The van der Waals surface area contributed by atoms with Crippen LogP contribution >= 0.6 is 0 Å². The van der Waals surface area contributed by atoms with Gasteiger partial charge in [0.1, 0.15) is 0 Å². The third kappa shape index (κ3) is 2.76. The summed E-state index contributed by atoms with van der Waals surface area (Å²) in [5.74, 6) is 0.303. The van der Waals surface area contributed by atoms with Gasteiger partial charge in [-0.1, -0.05) is 19.8 Å². The van der Waals surface area contributed by atoms with Gasteiger partial charge >= 0.3 is 0 Å². The Labute approximate surface area is 98.4 Å². The molecule has 1 aliphatic carbocycles. The summed E-state index contributed by atoms with van der Waals surface area (Å²) in [7, 11) is 0. The summed E-state index contributed by atoms with van der Waals surface area (Å²) in [6.45, 7) is 4.27. The highest BCUT2D eigenvalue weighted by Crippen LogP contribution is 2.37. The number of carbonyl (C=O) groups excluding carboxylic acids is 1. The molecule has 0 aromatic rings. The molecule has 1 heterocycles. The van der Waals surface area contributed by atoms with Crippen molar-refractivity contribution < 1.29 is 4.79 Å². The highest BCUT2D eigenvalue weighted by atomic mass is 16.2. The molecule has 1 saturated heterocycles. The molecule has 3 heteroatoms. The minimum atomic E-state index is -0.0697. The minimum Gasteiger partial charge on any atom is -0.353 e. The van der Waals surface area contributed by atoms with Crippen molar-refractivity contribution in [2.45, 2.75) is 57.9 Å². The van der Waals surface area contributed by atoms with E-state index < -0.39 is 0 Å². The van der Waals surface area contributed by atoms with E-state index in [-0.39, 0.29) is 5.41 Å². The van der Waals surface area contributed by atoms with Crippen molar-refractivity contribution in [3.8, 4) is 0 Å². The van der Waals surface area contributed by atoms with Gasteiger partial charge < -0.3 is 10.6 Å². The smallest absolute Gasteiger partial charge is 0.226 e. The lowest BCUT2D eigenvalue weighted by Gasteiger charge is -2.26. The normalized spacial score (nSPS) is 29.7. The molecule has 1 saturated carbocycles. The Morgan fingerprint density at radius 3 is 2.69 bits per heavy atom. The van der Waals surface area contributed by atoms with Crippen LogP contribution in [0.5, 0.6) is 0 Å². The average Bonchev–Trinajstić information content (AvgIpc) is 2.56. The van der Waals surface area contributed by atoms with Gasteiger partial charge in [0, 0.05) is 11.5 Å². The summed E-state index contributed by atoms with van der Waals surface area (Å²) in [5, 5.41) is 6.64. The summed E-state index contributed by atoms with van der Waals surface area (Å²) in [6, 6.07) is 0.403. The molecule has 16 heavy (non-hydrogen) atoms. The van der Waals surface area contributed by atoms with Gasteiger partial charge in [-0.25, -0.2) is 0 Å². The summed E-state index contributed by atoms with van der Waals surface area (Å²) in [4.78, 5) is 12.2. The van der Waals surface area contributed by atoms with Gasteiger partial charge in [0.2, 0.25) is 5.91 Å². The number of hydrogen-bond acceptors (Lipinski definition) is 2. The number of hydrogen-bond donors (Lipinski definition) is 2. The molecular weight excluding hydrogens is 200 g/mol. The van der Waals surface area contributed by atoms with Gasteiger partial charge in [-0.15, -0.1) is 0 Å². The van der Waals surface area contributed by atoms with E-state index in [1.807, 2.05) is 0 Å². The molecule has 1 aliphatic heterocycles. The van der Waals surface area contributed by atoms with E-state index in [9.17, 15) is 4.79 Å². The van der Waals surface area contributed by atoms with Crippen LogP contribution in [0.25, 0.3) is 0 Å². The average molecular weight is 224 g/mol. The van der Waals surface area contributed by atoms with Crippen LogP contribution in [0, 0.1) is 5.41 Å². The number of carbonyl (C=O) groups is 1. The van der Waals surface area contributed by atoms with Crippen LogP contribution in [0.3, 0.4) is 0 Å². The fraction of sp³-hybridized carbons (Fsp3) is 0.923. The largest absolute Gasteiger partial charge is 0.353 e. The predicted octanol–water partition coefficient (Wildman–Crippen LogP) is 1.82. The Morgan fingerprint density at radius 2 is 1.94 bits per heavy atom. The van der Waals surface area contributed by atoms with Crippen molar-refractivity contribution in [1.29, 1.82) is 0 Å². The zero-order valence-corrected chi connectivity index (χ0v) is 10.3. The molecule has 0 spiro atoms. The Morgan fingerprint density at radius 1 is 1.19 bits per heavy atom. The first-order valence-corrected chi connectivity index (χ1v) is 6.72. The maximum Gasteiger partial charge on any atom is 0.226 e. The maximum atomic E-state index is 12.2. The van der Waals surface area contributed by atoms with Gasteiger partial charge in [0.15, 0.2) is 0 Å². The molecule has 0 aromatic heterocycles. The summed E-state index contributed by atoms with van der Waals surface area (Å²) >= 11 is 0. The van der Waals surface area contributed by atoms with Crippen LogP contribution in [0.4, 0.5) is 0 Å². The molecule has 0 aromatic carbocycles. The van der Waals surface area contributed by atoms with Crippen LogP contribution in [0.1, 0.15) is 51.9 Å². The molecule has 2 N–H and O–H groups in total. The lowest BCUT2D eigenvalue weighted by molar-refractivity contribution is -0.130. The number of rotatable bonds is 2. The third-order valence-corrected chi connectivity index (χ3v) is 4.17. The van der Waals surface area contributed by atoms with Crippen LogP contribution in [-0.2, 0) is 4.79 Å². The molecule has 92 valence electrons. The Kier molecular flexibility index (Phi) is 3.85. The van der Waals surface area contributed by atoms with Crippen LogP contribution < -0.4 is 10.6 Å². The third-order valence-electron chi connectivity index (χ3n) is 4.17. The Balaban J connectivity index is 1.85. The van der Waals surface area contributed by atoms with Crippen molar-refractivity contribution >= 4 is 5.91 Å². The number of nitrogens with one attached hydrogen (secondary N) is 2. The van der Waals surface area contributed by atoms with Crippen LogP contribution in [0.15, 0.2) is 0 Å². The van der Waals surface area contributed by atoms with E-state index in [0.29, 0.717) is 11.9 Å². The van der Waals surface area contributed by atoms with E-state index >= 15 is 0 Å². The highest BCUT2D eigenvalue weighted by Gasteiger charge is 2.36. The molecule has 2 aliphatic rings. The predicted molar refractivity (Wildman–Crippen MR) is 65.2 cm³/mol. The molecule has 1 atom stereocenters. The highest BCUT2D eigenvalue weighted by molar-refractivity contribution is 5.82. The van der Waals surface area contributed by atoms with Crippen molar-refractivity contribution in [1.82, 2.24) is 10.6 Å². The first-order chi connectivity index (χ1) is 7.71. The quantitative estimate of drug-likeness (QED) is 0.751. The summed E-state index contributed by atoms with van der Waals surface area (Å²) in [5.41, 5.74) is -0.0697. The maximum absolute atomic E-state index is 12.2. The first-order valence-electron chi connectivity index (χ1n) is 6.72. The topological polar surface area (TPSA) is 41.1 Å². The van der Waals surface area contributed by atoms with E-state index in [0.717, 1.165) is 38.8 Å².